The highest BCUT2D eigenvalue weighted by Crippen LogP contribution is 2.17. The quantitative estimate of drug-likeness (QED) is 0.0259. The maximum absolute atomic E-state index is 12.8. The number of esters is 2. The number of hydrogen-bond donors (Lipinski definition) is 0. The number of carboxylic acid groups (broad SMARTS) is 1. The Labute approximate surface area is 395 Å². The summed E-state index contributed by atoms with van der Waals surface area (Å²) in [5, 5.41) is 11.7. The molecule has 0 amide bonds. The third-order valence-electron chi connectivity index (χ3n) is 12.3. The molecule has 0 aliphatic heterocycles. The summed E-state index contributed by atoms with van der Waals surface area (Å²) >= 11 is 0. The molecule has 0 aromatic carbocycles. The van der Waals surface area contributed by atoms with Crippen LogP contribution in [0.5, 0.6) is 0 Å². The Bertz CT molecular complexity index is 1140. The van der Waals surface area contributed by atoms with Crippen molar-refractivity contribution in [2.45, 2.75) is 264 Å². The normalized spacial score (nSPS) is 13.1. The van der Waals surface area contributed by atoms with Crippen molar-refractivity contribution in [1.82, 2.24) is 0 Å². The van der Waals surface area contributed by atoms with Gasteiger partial charge in [-0.25, -0.2) is 0 Å². The van der Waals surface area contributed by atoms with Gasteiger partial charge in [-0.2, -0.15) is 0 Å². The minimum absolute atomic E-state index is 0.0396. The van der Waals surface area contributed by atoms with Crippen molar-refractivity contribution in [3.63, 3.8) is 0 Å². The van der Waals surface area contributed by atoms with E-state index in [0.29, 0.717) is 12.8 Å². The van der Waals surface area contributed by atoms with Gasteiger partial charge in [0.2, 0.25) is 0 Å². The summed E-state index contributed by atoms with van der Waals surface area (Å²) in [6.45, 7) is 4.58. The molecule has 0 bridgehead atoms. The second-order valence-corrected chi connectivity index (χ2v) is 19.4. The van der Waals surface area contributed by atoms with Crippen molar-refractivity contribution in [1.29, 1.82) is 0 Å². The van der Waals surface area contributed by atoms with Crippen molar-refractivity contribution < 1.29 is 38.2 Å². The molecule has 0 saturated carbocycles. The molecular formula is C56H103NO7. The molecule has 2 unspecified atom stereocenters. The second kappa shape index (κ2) is 47.1. The molecule has 0 aliphatic rings. The number of quaternary nitrogens is 1. The van der Waals surface area contributed by atoms with Gasteiger partial charge in [0.15, 0.2) is 6.10 Å². The van der Waals surface area contributed by atoms with Crippen LogP contribution in [0.4, 0.5) is 0 Å². The van der Waals surface area contributed by atoms with Gasteiger partial charge in [0.1, 0.15) is 12.6 Å². The zero-order chi connectivity index (χ0) is 47.0. The smallest absolute Gasteiger partial charge is 0.306 e. The summed E-state index contributed by atoms with van der Waals surface area (Å²) in [7, 11) is 5.42. The molecule has 8 nitrogen and oxygen atoms in total. The lowest BCUT2D eigenvalue weighted by Gasteiger charge is -2.34. The summed E-state index contributed by atoms with van der Waals surface area (Å²) < 4.78 is 17.3. The van der Waals surface area contributed by atoms with Gasteiger partial charge in [-0.05, 0) is 44.9 Å². The number of carbonyl (C=O) groups excluding carboxylic acids is 3. The molecule has 0 heterocycles. The Morgan fingerprint density at radius 3 is 1.30 bits per heavy atom. The second-order valence-electron chi connectivity index (χ2n) is 19.4. The van der Waals surface area contributed by atoms with Crippen LogP contribution < -0.4 is 5.11 Å². The number of nitrogens with zero attached hydrogens (tertiary/aromatic N) is 1. The molecule has 0 aromatic rings. The minimum atomic E-state index is -1.12. The minimum Gasteiger partial charge on any atom is -0.544 e. The first-order chi connectivity index (χ1) is 31.1. The van der Waals surface area contributed by atoms with Crippen LogP contribution in [0.25, 0.3) is 0 Å². The largest absolute Gasteiger partial charge is 0.544 e. The molecule has 0 fully saturated rings. The highest BCUT2D eigenvalue weighted by atomic mass is 16.6. The number of rotatable bonds is 49. The van der Waals surface area contributed by atoms with Gasteiger partial charge in [-0.3, -0.25) is 9.59 Å². The molecule has 0 N–H and O–H groups in total. The number of carboxylic acids is 1. The van der Waals surface area contributed by atoms with E-state index in [1.165, 1.54) is 154 Å². The molecule has 0 spiro atoms. The lowest BCUT2D eigenvalue weighted by atomic mass is 10.0. The average Bonchev–Trinajstić information content (AvgIpc) is 3.26. The van der Waals surface area contributed by atoms with Crippen molar-refractivity contribution in [3.8, 4) is 0 Å². The first-order valence-electron chi connectivity index (χ1n) is 27.0. The Kier molecular flexibility index (Phi) is 45.3. The fourth-order valence-electron chi connectivity index (χ4n) is 8.15. The predicted molar refractivity (Wildman–Crippen MR) is 268 cm³/mol. The van der Waals surface area contributed by atoms with E-state index in [0.717, 1.165) is 64.2 Å². The summed E-state index contributed by atoms with van der Waals surface area (Å²) in [5.41, 5.74) is 0. The third kappa shape index (κ3) is 44.7. The number of likely N-dealkylation sites (N-methyl/N-ethyl adjacent to an activating group) is 1. The predicted octanol–water partition coefficient (Wildman–Crippen LogP) is 14.4. The van der Waals surface area contributed by atoms with Crippen LogP contribution in [0, 0.1) is 0 Å². The third-order valence-corrected chi connectivity index (χ3v) is 12.3. The van der Waals surface area contributed by atoms with E-state index in [2.05, 4.69) is 50.3 Å². The van der Waals surface area contributed by atoms with Crippen molar-refractivity contribution >= 4 is 17.9 Å². The Hall–Kier alpha value is -2.45. The van der Waals surface area contributed by atoms with Crippen LogP contribution in [0.2, 0.25) is 0 Å². The monoisotopic (exact) mass is 902 g/mol. The fraction of sp³-hybridized carbons (Fsp3) is 0.839. The van der Waals surface area contributed by atoms with E-state index in [-0.39, 0.29) is 42.7 Å². The van der Waals surface area contributed by atoms with E-state index in [4.69, 9.17) is 14.2 Å². The molecule has 2 atom stereocenters. The Balaban J connectivity index is 4.16. The van der Waals surface area contributed by atoms with Crippen LogP contribution >= 0.6 is 0 Å². The van der Waals surface area contributed by atoms with E-state index >= 15 is 0 Å². The van der Waals surface area contributed by atoms with Crippen LogP contribution in [-0.4, -0.2) is 75.5 Å². The van der Waals surface area contributed by atoms with E-state index in [9.17, 15) is 19.5 Å². The zero-order valence-electron chi connectivity index (χ0n) is 42.7. The van der Waals surface area contributed by atoms with Crippen LogP contribution in [0.3, 0.4) is 0 Å². The summed E-state index contributed by atoms with van der Waals surface area (Å²) in [6, 6.07) is -0.727. The molecule has 8 heteroatoms. The maximum atomic E-state index is 12.8. The van der Waals surface area contributed by atoms with Crippen molar-refractivity contribution in [2.75, 3.05) is 41.0 Å². The molecule has 64 heavy (non-hydrogen) atoms. The van der Waals surface area contributed by atoms with Crippen LogP contribution in [0.15, 0.2) is 36.5 Å². The van der Waals surface area contributed by atoms with Gasteiger partial charge in [-0.1, -0.05) is 224 Å². The lowest BCUT2D eigenvalue weighted by molar-refractivity contribution is -0.889. The molecule has 374 valence electrons. The van der Waals surface area contributed by atoms with Gasteiger partial charge in [0.25, 0.3) is 0 Å². The highest BCUT2D eigenvalue weighted by molar-refractivity contribution is 5.70. The maximum Gasteiger partial charge on any atom is 0.306 e. The highest BCUT2D eigenvalue weighted by Gasteiger charge is 2.25. The first kappa shape index (κ1) is 61.5. The SMILES string of the molecule is CC/C=C\C/C=C\C/C=C\CCCCCCCCCC(=O)OC(COCCC(C(=O)[O-])[N+](C)(C)C)COC(=O)CCCCCCCCCCCCCCCCCCCCCCCCC. The zero-order valence-corrected chi connectivity index (χ0v) is 42.7. The molecule has 0 saturated heterocycles. The van der Waals surface area contributed by atoms with E-state index in [1.54, 1.807) is 21.1 Å². The number of ether oxygens (including phenoxy) is 3. The Morgan fingerprint density at radius 1 is 0.484 bits per heavy atom. The van der Waals surface area contributed by atoms with Gasteiger partial charge < -0.3 is 28.6 Å². The topological polar surface area (TPSA) is 102 Å². The molecule has 0 aliphatic carbocycles. The van der Waals surface area contributed by atoms with Crippen LogP contribution in [-0.2, 0) is 28.6 Å². The first-order valence-corrected chi connectivity index (χ1v) is 27.0. The number of allylic oxidation sites excluding steroid dienone is 6. The number of hydrogen-bond acceptors (Lipinski definition) is 7. The van der Waals surface area contributed by atoms with Crippen LogP contribution in [0.1, 0.15) is 251 Å². The number of carbonyl (C=O) groups is 3. The van der Waals surface area contributed by atoms with Gasteiger partial charge >= 0.3 is 11.9 Å². The summed E-state index contributed by atoms with van der Waals surface area (Å²) in [6.07, 6.45) is 56.1. The molecule has 0 radical (unpaired) electrons. The summed E-state index contributed by atoms with van der Waals surface area (Å²) in [4.78, 5) is 37.1. The van der Waals surface area contributed by atoms with Gasteiger partial charge in [0.05, 0.1) is 40.3 Å². The number of unbranched alkanes of at least 4 members (excludes halogenated alkanes) is 29. The lowest BCUT2D eigenvalue weighted by Crippen LogP contribution is -2.55. The van der Waals surface area contributed by atoms with Crippen molar-refractivity contribution in [2.24, 2.45) is 0 Å². The Morgan fingerprint density at radius 2 is 0.875 bits per heavy atom. The standard InChI is InChI=1S/C56H103NO7/c1-6-8-10-12-14-16-18-20-22-24-25-26-27-28-29-31-32-34-36-38-40-42-44-46-54(58)63-51-52(50-62-49-48-53(56(60)61)57(3,4)5)64-55(59)47-45-43-41-39-37-35-33-30-23-21-19-17-15-13-11-9-7-2/h9,11,15,17,21,23,52-53H,6-8,10,12-14,16,18-20,22,24-51H2,1-5H3/b11-9-,17-15-,23-21-. The molecule has 0 aromatic heterocycles. The summed E-state index contributed by atoms with van der Waals surface area (Å²) in [5.74, 6) is -1.73. The fourth-order valence-corrected chi connectivity index (χ4v) is 8.15. The number of aliphatic carboxylic acids is 1. The van der Waals surface area contributed by atoms with E-state index in [1.807, 2.05) is 0 Å². The molecular weight excluding hydrogens is 799 g/mol. The van der Waals surface area contributed by atoms with E-state index < -0.39 is 18.1 Å². The van der Waals surface area contributed by atoms with Gasteiger partial charge in [-0.15, -0.1) is 0 Å². The molecule has 0 rings (SSSR count). The average molecular weight is 902 g/mol. The van der Waals surface area contributed by atoms with Gasteiger partial charge in [0, 0.05) is 19.3 Å². The van der Waals surface area contributed by atoms with Crippen molar-refractivity contribution in [3.05, 3.63) is 36.5 Å².